The van der Waals surface area contributed by atoms with E-state index in [1.807, 2.05) is 18.2 Å². The average molecular weight is 304 g/mol. The molecule has 2 aliphatic rings. The Hall–Kier alpha value is -1.00. The Morgan fingerprint density at radius 3 is 2.52 bits per heavy atom. The molecule has 0 aromatic heterocycles. The molecule has 1 aliphatic carbocycles. The minimum atomic E-state index is 0.195. The van der Waals surface area contributed by atoms with Crippen LogP contribution in [0.15, 0.2) is 30.3 Å². The second kappa shape index (κ2) is 7.32. The van der Waals surface area contributed by atoms with Crippen LogP contribution in [0.25, 0.3) is 0 Å². The molecule has 0 atom stereocenters. The third-order valence-electron chi connectivity index (χ3n) is 4.30. The summed E-state index contributed by atoms with van der Waals surface area (Å²) >= 11 is 1.70. The van der Waals surface area contributed by atoms with Gasteiger partial charge in [0.15, 0.2) is 0 Å². The molecule has 1 aliphatic heterocycles. The standard InChI is InChI=1S/C17H24N2OS/c20-17(13-21-12-14-4-2-1-3-5-14)18-15-8-10-19(11-9-15)16-6-7-16/h1-5,15-16H,6-13H2,(H,18,20). The number of hydrogen-bond donors (Lipinski definition) is 1. The fraction of sp³-hybridized carbons (Fsp3) is 0.588. The summed E-state index contributed by atoms with van der Waals surface area (Å²) < 4.78 is 0. The Labute approximate surface area is 131 Å². The van der Waals surface area contributed by atoms with E-state index >= 15 is 0 Å². The van der Waals surface area contributed by atoms with Crippen molar-refractivity contribution in [3.8, 4) is 0 Å². The lowest BCUT2D eigenvalue weighted by atomic mass is 10.1. The van der Waals surface area contributed by atoms with Crippen LogP contribution < -0.4 is 5.32 Å². The minimum absolute atomic E-state index is 0.195. The Bertz CT molecular complexity index is 453. The third kappa shape index (κ3) is 4.75. The molecule has 2 fully saturated rings. The number of hydrogen-bond acceptors (Lipinski definition) is 3. The van der Waals surface area contributed by atoms with Crippen LogP contribution in [0.4, 0.5) is 0 Å². The van der Waals surface area contributed by atoms with Crippen molar-refractivity contribution in [2.45, 2.75) is 43.5 Å². The van der Waals surface area contributed by atoms with Crippen molar-refractivity contribution < 1.29 is 4.79 Å². The first-order chi connectivity index (χ1) is 10.3. The van der Waals surface area contributed by atoms with Gasteiger partial charge < -0.3 is 10.2 Å². The predicted molar refractivity (Wildman–Crippen MR) is 88.4 cm³/mol. The number of piperidine rings is 1. The molecule has 1 N–H and O–H groups in total. The normalized spacial score (nSPS) is 20.4. The summed E-state index contributed by atoms with van der Waals surface area (Å²) in [6.45, 7) is 2.32. The summed E-state index contributed by atoms with van der Waals surface area (Å²) in [7, 11) is 0. The largest absolute Gasteiger partial charge is 0.353 e. The molecular formula is C17H24N2OS. The van der Waals surface area contributed by atoms with Crippen molar-refractivity contribution >= 4 is 17.7 Å². The molecule has 1 aromatic rings. The van der Waals surface area contributed by atoms with Crippen molar-refractivity contribution in [3.63, 3.8) is 0 Å². The molecule has 4 heteroatoms. The number of rotatable bonds is 6. The van der Waals surface area contributed by atoms with E-state index in [0.717, 1.165) is 37.7 Å². The van der Waals surface area contributed by atoms with E-state index in [9.17, 15) is 4.79 Å². The molecule has 0 unspecified atom stereocenters. The van der Waals surface area contributed by atoms with Gasteiger partial charge in [-0.1, -0.05) is 30.3 Å². The number of amides is 1. The summed E-state index contributed by atoms with van der Waals surface area (Å²) in [6, 6.07) is 11.6. The van der Waals surface area contributed by atoms with Gasteiger partial charge in [-0.25, -0.2) is 0 Å². The highest BCUT2D eigenvalue weighted by Gasteiger charge is 2.31. The topological polar surface area (TPSA) is 32.3 Å². The molecular weight excluding hydrogens is 280 g/mol. The van der Waals surface area contributed by atoms with Crippen molar-refractivity contribution in [1.82, 2.24) is 10.2 Å². The zero-order chi connectivity index (χ0) is 14.5. The van der Waals surface area contributed by atoms with E-state index in [-0.39, 0.29) is 5.91 Å². The second-order valence-electron chi connectivity index (χ2n) is 6.09. The van der Waals surface area contributed by atoms with Gasteiger partial charge >= 0.3 is 0 Å². The fourth-order valence-corrected chi connectivity index (χ4v) is 3.75. The Morgan fingerprint density at radius 2 is 1.86 bits per heavy atom. The van der Waals surface area contributed by atoms with Crippen LogP contribution in [0.3, 0.4) is 0 Å². The fourth-order valence-electron chi connectivity index (χ4n) is 2.95. The van der Waals surface area contributed by atoms with Crippen molar-refractivity contribution in [1.29, 1.82) is 0 Å². The number of carbonyl (C=O) groups excluding carboxylic acids is 1. The van der Waals surface area contributed by atoms with Gasteiger partial charge in [-0.05, 0) is 31.2 Å². The Balaban J connectivity index is 1.31. The van der Waals surface area contributed by atoms with Crippen LogP contribution in [-0.4, -0.2) is 41.7 Å². The van der Waals surface area contributed by atoms with E-state index in [4.69, 9.17) is 0 Å². The van der Waals surface area contributed by atoms with Crippen LogP contribution >= 0.6 is 11.8 Å². The van der Waals surface area contributed by atoms with E-state index in [1.54, 1.807) is 11.8 Å². The lowest BCUT2D eigenvalue weighted by molar-refractivity contribution is -0.119. The van der Waals surface area contributed by atoms with Crippen molar-refractivity contribution in [3.05, 3.63) is 35.9 Å². The minimum Gasteiger partial charge on any atom is -0.353 e. The molecule has 3 rings (SSSR count). The molecule has 3 nitrogen and oxygen atoms in total. The summed E-state index contributed by atoms with van der Waals surface area (Å²) in [5.74, 6) is 1.67. The van der Waals surface area contributed by atoms with Gasteiger partial charge in [0.1, 0.15) is 0 Å². The van der Waals surface area contributed by atoms with E-state index in [2.05, 4.69) is 22.3 Å². The van der Waals surface area contributed by atoms with E-state index < -0.39 is 0 Å². The SMILES string of the molecule is O=C(CSCc1ccccc1)NC1CCN(C2CC2)CC1. The van der Waals surface area contributed by atoms with E-state index in [0.29, 0.717) is 11.8 Å². The second-order valence-corrected chi connectivity index (χ2v) is 7.07. The van der Waals surface area contributed by atoms with Crippen LogP contribution in [-0.2, 0) is 10.5 Å². The van der Waals surface area contributed by atoms with Crippen LogP contribution in [0.2, 0.25) is 0 Å². The summed E-state index contributed by atoms with van der Waals surface area (Å²) in [4.78, 5) is 14.6. The zero-order valence-corrected chi connectivity index (χ0v) is 13.3. The summed E-state index contributed by atoms with van der Waals surface area (Å²) in [5, 5.41) is 3.20. The van der Waals surface area contributed by atoms with Gasteiger partial charge in [0.25, 0.3) is 0 Å². The summed E-state index contributed by atoms with van der Waals surface area (Å²) in [6.07, 6.45) is 5.00. The van der Waals surface area contributed by atoms with Crippen molar-refractivity contribution in [2.24, 2.45) is 0 Å². The molecule has 1 amide bonds. The van der Waals surface area contributed by atoms with Gasteiger partial charge in [0.05, 0.1) is 5.75 Å². The average Bonchev–Trinajstić information content (AvgIpc) is 3.34. The maximum atomic E-state index is 12.0. The molecule has 1 heterocycles. The lowest BCUT2D eigenvalue weighted by Gasteiger charge is -2.32. The monoisotopic (exact) mass is 304 g/mol. The molecule has 21 heavy (non-hydrogen) atoms. The molecule has 1 aromatic carbocycles. The molecule has 0 spiro atoms. The predicted octanol–water partition coefficient (Wildman–Crippen LogP) is 2.66. The van der Waals surface area contributed by atoms with Crippen LogP contribution in [0.5, 0.6) is 0 Å². The number of nitrogens with zero attached hydrogens (tertiary/aromatic N) is 1. The summed E-state index contributed by atoms with van der Waals surface area (Å²) in [5.41, 5.74) is 1.29. The van der Waals surface area contributed by atoms with E-state index in [1.165, 1.54) is 18.4 Å². The highest BCUT2D eigenvalue weighted by Crippen LogP contribution is 2.29. The number of nitrogens with one attached hydrogen (secondary N) is 1. The molecule has 0 radical (unpaired) electrons. The highest BCUT2D eigenvalue weighted by molar-refractivity contribution is 7.99. The first kappa shape index (κ1) is 14.9. The smallest absolute Gasteiger partial charge is 0.230 e. The first-order valence-corrected chi connectivity index (χ1v) is 9.12. The number of benzene rings is 1. The van der Waals surface area contributed by atoms with Crippen molar-refractivity contribution in [2.75, 3.05) is 18.8 Å². The first-order valence-electron chi connectivity index (χ1n) is 7.96. The van der Waals surface area contributed by atoms with Gasteiger partial charge in [0, 0.05) is 30.9 Å². The van der Waals surface area contributed by atoms with Gasteiger partial charge in [-0.3, -0.25) is 4.79 Å². The van der Waals surface area contributed by atoms with Gasteiger partial charge in [-0.15, -0.1) is 11.8 Å². The lowest BCUT2D eigenvalue weighted by Crippen LogP contribution is -2.45. The number of thioether (sulfide) groups is 1. The zero-order valence-electron chi connectivity index (χ0n) is 12.5. The van der Waals surface area contributed by atoms with Gasteiger partial charge in [-0.2, -0.15) is 0 Å². The van der Waals surface area contributed by atoms with Gasteiger partial charge in [0.2, 0.25) is 5.91 Å². The van der Waals surface area contributed by atoms with Crippen LogP contribution in [0.1, 0.15) is 31.2 Å². The molecule has 1 saturated carbocycles. The third-order valence-corrected chi connectivity index (χ3v) is 5.31. The Kier molecular flexibility index (Phi) is 5.20. The molecule has 0 bridgehead atoms. The van der Waals surface area contributed by atoms with Crippen LogP contribution in [0, 0.1) is 0 Å². The maximum Gasteiger partial charge on any atom is 0.230 e. The Morgan fingerprint density at radius 1 is 1.14 bits per heavy atom. The maximum absolute atomic E-state index is 12.0. The number of likely N-dealkylation sites (tertiary alicyclic amines) is 1. The highest BCUT2D eigenvalue weighted by atomic mass is 32.2. The molecule has 1 saturated heterocycles. The molecule has 114 valence electrons. The quantitative estimate of drug-likeness (QED) is 0.877. The number of carbonyl (C=O) groups is 1.